The molecule has 194 valence electrons. The second-order valence-electron chi connectivity index (χ2n) is 9.73. The number of nitrogens with one attached hydrogen (secondary N) is 2. The number of rotatable bonds is 5. The molecule has 0 atom stereocenters. The number of fused-ring (bicyclic) bond motifs is 1. The highest BCUT2D eigenvalue weighted by atomic mass is 16.6. The van der Waals surface area contributed by atoms with Crippen molar-refractivity contribution in [1.82, 2.24) is 20.2 Å². The number of hydrogen-bond acceptors (Lipinski definition) is 8. The number of morpholine rings is 1. The number of aliphatic hydroxyl groups is 1. The van der Waals surface area contributed by atoms with Crippen molar-refractivity contribution < 1.29 is 24.2 Å². The van der Waals surface area contributed by atoms with Crippen molar-refractivity contribution in [2.45, 2.75) is 39.3 Å². The number of aliphatic hydroxyl groups excluding tert-OH is 1. The molecule has 2 aliphatic rings. The van der Waals surface area contributed by atoms with Crippen LogP contribution in [0.25, 0.3) is 11.4 Å². The van der Waals surface area contributed by atoms with E-state index in [2.05, 4.69) is 15.5 Å². The van der Waals surface area contributed by atoms with Gasteiger partial charge in [0, 0.05) is 43.0 Å². The lowest BCUT2D eigenvalue weighted by Gasteiger charge is -2.34. The molecule has 0 saturated carbocycles. The van der Waals surface area contributed by atoms with Crippen LogP contribution in [-0.2, 0) is 22.4 Å². The number of ether oxygens (including phenoxy) is 2. The molecule has 4 rings (SSSR count). The smallest absolute Gasteiger partial charge is 0.410 e. The van der Waals surface area contributed by atoms with Crippen molar-refractivity contribution in [3.8, 4) is 11.4 Å². The van der Waals surface area contributed by atoms with Gasteiger partial charge in [0.15, 0.2) is 5.82 Å². The van der Waals surface area contributed by atoms with Gasteiger partial charge in [0.25, 0.3) is 0 Å². The summed E-state index contributed by atoms with van der Waals surface area (Å²) in [5.41, 5.74) is 2.70. The fraction of sp³-hybridized carbons (Fsp3) is 0.520. The second-order valence-corrected chi connectivity index (χ2v) is 9.73. The molecular weight excluding hydrogens is 464 g/mol. The third-order valence-electron chi connectivity index (χ3n) is 5.80. The van der Waals surface area contributed by atoms with Crippen LogP contribution in [0.4, 0.5) is 21.1 Å². The van der Waals surface area contributed by atoms with Gasteiger partial charge in [-0.05, 0) is 51.5 Å². The Labute approximate surface area is 210 Å². The molecule has 2 aromatic rings. The summed E-state index contributed by atoms with van der Waals surface area (Å²) in [6.45, 7) is 9.26. The molecule has 36 heavy (non-hydrogen) atoms. The molecule has 2 aliphatic heterocycles. The number of anilines is 2. The monoisotopic (exact) mass is 498 g/mol. The lowest BCUT2D eigenvalue weighted by molar-refractivity contribution is 0.0220. The van der Waals surface area contributed by atoms with Crippen LogP contribution < -0.4 is 15.5 Å². The van der Waals surface area contributed by atoms with Crippen LogP contribution in [0.3, 0.4) is 0 Å². The second kappa shape index (κ2) is 11.1. The molecule has 0 aliphatic carbocycles. The molecule has 1 saturated heterocycles. The molecule has 11 nitrogen and oxygen atoms in total. The molecule has 0 unspecified atom stereocenters. The van der Waals surface area contributed by atoms with Crippen LogP contribution in [0.5, 0.6) is 0 Å². The Balaban J connectivity index is 1.61. The zero-order valence-corrected chi connectivity index (χ0v) is 21.0. The quantitative estimate of drug-likeness (QED) is 0.573. The number of hydrogen-bond donors (Lipinski definition) is 3. The Bertz CT molecular complexity index is 1080. The topological polar surface area (TPSA) is 129 Å². The number of benzene rings is 1. The minimum absolute atomic E-state index is 0.126. The van der Waals surface area contributed by atoms with Gasteiger partial charge in [-0.2, -0.15) is 0 Å². The highest BCUT2D eigenvalue weighted by Crippen LogP contribution is 2.31. The average molecular weight is 499 g/mol. The maximum Gasteiger partial charge on any atom is 0.410 e. The first kappa shape index (κ1) is 25.6. The van der Waals surface area contributed by atoms with Crippen LogP contribution in [0.2, 0.25) is 0 Å². The Kier molecular flexibility index (Phi) is 7.90. The van der Waals surface area contributed by atoms with Crippen molar-refractivity contribution in [2.75, 3.05) is 56.2 Å². The van der Waals surface area contributed by atoms with Crippen LogP contribution in [0.15, 0.2) is 24.3 Å². The molecule has 3 amide bonds. The number of urea groups is 1. The standard InChI is InChI=1S/C25H34N6O5/c1-25(2,3)36-24(34)31-10-8-19-20(16-31)28-21(29-22(19)30-11-14-35-15-12-30)17-4-6-18(7-5-17)27-23(33)26-9-13-32/h4-7,32H,8-16H2,1-3H3,(H2,26,27,33). The molecule has 0 radical (unpaired) electrons. The van der Waals surface area contributed by atoms with Crippen LogP contribution in [0.1, 0.15) is 32.0 Å². The zero-order valence-electron chi connectivity index (χ0n) is 21.0. The van der Waals surface area contributed by atoms with Crippen molar-refractivity contribution in [2.24, 2.45) is 0 Å². The van der Waals surface area contributed by atoms with Gasteiger partial charge >= 0.3 is 12.1 Å². The van der Waals surface area contributed by atoms with E-state index in [9.17, 15) is 9.59 Å². The van der Waals surface area contributed by atoms with Gasteiger partial charge in [-0.3, -0.25) is 0 Å². The summed E-state index contributed by atoms with van der Waals surface area (Å²) in [6, 6.07) is 6.86. The van der Waals surface area contributed by atoms with Gasteiger partial charge in [0.1, 0.15) is 11.4 Å². The first-order valence-corrected chi connectivity index (χ1v) is 12.2. The molecule has 11 heteroatoms. The average Bonchev–Trinajstić information content (AvgIpc) is 2.86. The van der Waals surface area contributed by atoms with Gasteiger partial charge in [-0.15, -0.1) is 0 Å². The summed E-state index contributed by atoms with van der Waals surface area (Å²) in [5.74, 6) is 1.44. The zero-order chi connectivity index (χ0) is 25.7. The Morgan fingerprint density at radius 2 is 1.83 bits per heavy atom. The number of carbonyl (C=O) groups excluding carboxylic acids is 2. The van der Waals surface area contributed by atoms with E-state index in [1.807, 2.05) is 32.9 Å². The van der Waals surface area contributed by atoms with E-state index in [4.69, 9.17) is 24.5 Å². The molecule has 0 spiro atoms. The van der Waals surface area contributed by atoms with Gasteiger partial charge < -0.3 is 35.0 Å². The van der Waals surface area contributed by atoms with E-state index < -0.39 is 11.6 Å². The van der Waals surface area contributed by atoms with E-state index in [-0.39, 0.29) is 19.2 Å². The third kappa shape index (κ3) is 6.41. The summed E-state index contributed by atoms with van der Waals surface area (Å²) in [6.07, 6.45) is 0.295. The van der Waals surface area contributed by atoms with E-state index in [0.717, 1.165) is 35.7 Å². The lowest BCUT2D eigenvalue weighted by atomic mass is 10.0. The van der Waals surface area contributed by atoms with Crippen LogP contribution >= 0.6 is 0 Å². The van der Waals surface area contributed by atoms with Gasteiger partial charge in [-0.25, -0.2) is 19.6 Å². The molecule has 3 heterocycles. The maximum atomic E-state index is 12.7. The SMILES string of the molecule is CC(C)(C)OC(=O)N1CCc2c(nc(-c3ccc(NC(=O)NCCO)cc3)nc2N2CCOCC2)C1. The molecule has 1 aromatic carbocycles. The maximum absolute atomic E-state index is 12.7. The highest BCUT2D eigenvalue weighted by Gasteiger charge is 2.30. The number of nitrogens with zero attached hydrogens (tertiary/aromatic N) is 4. The largest absolute Gasteiger partial charge is 0.444 e. The number of aromatic nitrogens is 2. The molecule has 3 N–H and O–H groups in total. The van der Waals surface area contributed by atoms with E-state index in [1.54, 1.807) is 17.0 Å². The predicted octanol–water partition coefficient (Wildman–Crippen LogP) is 2.39. The first-order chi connectivity index (χ1) is 17.2. The van der Waals surface area contributed by atoms with E-state index in [0.29, 0.717) is 44.2 Å². The molecule has 1 aromatic heterocycles. The third-order valence-corrected chi connectivity index (χ3v) is 5.80. The fourth-order valence-electron chi connectivity index (χ4n) is 4.11. The predicted molar refractivity (Wildman–Crippen MR) is 135 cm³/mol. The van der Waals surface area contributed by atoms with Gasteiger partial charge in [0.05, 0.1) is 32.1 Å². The summed E-state index contributed by atoms with van der Waals surface area (Å²) in [4.78, 5) is 38.3. The van der Waals surface area contributed by atoms with Crippen molar-refractivity contribution in [3.63, 3.8) is 0 Å². The number of amides is 3. The summed E-state index contributed by atoms with van der Waals surface area (Å²) in [5, 5.41) is 14.1. The molecular formula is C25H34N6O5. The van der Waals surface area contributed by atoms with Crippen LogP contribution in [-0.4, -0.2) is 83.7 Å². The van der Waals surface area contributed by atoms with Crippen molar-refractivity contribution in [1.29, 1.82) is 0 Å². The Morgan fingerprint density at radius 1 is 1.11 bits per heavy atom. The minimum Gasteiger partial charge on any atom is -0.444 e. The Hall–Kier alpha value is -3.44. The van der Waals surface area contributed by atoms with Crippen LogP contribution in [0, 0.1) is 0 Å². The molecule has 1 fully saturated rings. The van der Waals surface area contributed by atoms with E-state index >= 15 is 0 Å². The summed E-state index contributed by atoms with van der Waals surface area (Å²) >= 11 is 0. The fourth-order valence-corrected chi connectivity index (χ4v) is 4.11. The normalized spacial score (nSPS) is 15.8. The van der Waals surface area contributed by atoms with Crippen molar-refractivity contribution in [3.05, 3.63) is 35.5 Å². The van der Waals surface area contributed by atoms with Crippen molar-refractivity contribution >= 4 is 23.6 Å². The number of carbonyl (C=O) groups is 2. The highest BCUT2D eigenvalue weighted by molar-refractivity contribution is 5.89. The van der Waals surface area contributed by atoms with Gasteiger partial charge in [0.2, 0.25) is 0 Å². The first-order valence-electron chi connectivity index (χ1n) is 12.2. The Morgan fingerprint density at radius 3 is 2.50 bits per heavy atom. The summed E-state index contributed by atoms with van der Waals surface area (Å²) < 4.78 is 11.1. The van der Waals surface area contributed by atoms with Gasteiger partial charge in [-0.1, -0.05) is 0 Å². The minimum atomic E-state index is -0.571. The summed E-state index contributed by atoms with van der Waals surface area (Å²) in [7, 11) is 0. The lowest BCUT2D eigenvalue weighted by Crippen LogP contribution is -2.42. The molecule has 0 bridgehead atoms. The van der Waals surface area contributed by atoms with E-state index in [1.165, 1.54) is 0 Å².